The zero-order valence-corrected chi connectivity index (χ0v) is 10.6. The van der Waals surface area contributed by atoms with E-state index in [0.29, 0.717) is 0 Å². The Bertz CT molecular complexity index is 453. The molecular weight excluding hydrogens is 234 g/mol. The minimum Gasteiger partial charge on any atom is -0.468 e. The lowest BCUT2D eigenvalue weighted by Crippen LogP contribution is -2.19. The summed E-state index contributed by atoms with van der Waals surface area (Å²) in [6, 6.07) is 12.0. The Hall–Kier alpha value is -1.25. The van der Waals surface area contributed by atoms with Gasteiger partial charge in [0, 0.05) is 11.6 Å². The van der Waals surface area contributed by atoms with Crippen LogP contribution in [0.25, 0.3) is 0 Å². The second kappa shape index (κ2) is 5.89. The van der Waals surface area contributed by atoms with Gasteiger partial charge in [0.2, 0.25) is 0 Å². The Labute approximate surface area is 107 Å². The third-order valence-corrected chi connectivity index (χ3v) is 3.16. The molecule has 1 aromatic heterocycles. The summed E-state index contributed by atoms with van der Waals surface area (Å²) in [5, 5.41) is 4.25. The Morgan fingerprint density at radius 2 is 2.06 bits per heavy atom. The Morgan fingerprint density at radius 3 is 2.71 bits per heavy atom. The third kappa shape index (κ3) is 3.11. The molecule has 0 amide bonds. The van der Waals surface area contributed by atoms with Crippen molar-refractivity contribution < 1.29 is 4.42 Å². The molecule has 1 atom stereocenters. The SMILES string of the molecule is CCC(NCc1ccccc1Cl)c1ccco1. The monoisotopic (exact) mass is 249 g/mol. The molecule has 1 N–H and O–H groups in total. The summed E-state index contributed by atoms with van der Waals surface area (Å²) < 4.78 is 5.41. The van der Waals surface area contributed by atoms with Crippen molar-refractivity contribution in [2.45, 2.75) is 25.9 Å². The van der Waals surface area contributed by atoms with Crippen molar-refractivity contribution in [3.8, 4) is 0 Å². The van der Waals surface area contributed by atoms with Crippen LogP contribution in [0.15, 0.2) is 47.1 Å². The van der Waals surface area contributed by atoms with E-state index < -0.39 is 0 Å². The number of hydrogen-bond donors (Lipinski definition) is 1. The Morgan fingerprint density at radius 1 is 1.24 bits per heavy atom. The van der Waals surface area contributed by atoms with Gasteiger partial charge in [0.05, 0.1) is 12.3 Å². The molecule has 2 nitrogen and oxygen atoms in total. The molecule has 1 aromatic carbocycles. The molecular formula is C14H16ClNO. The molecule has 0 fully saturated rings. The number of nitrogens with one attached hydrogen (secondary N) is 1. The minimum absolute atomic E-state index is 0.237. The molecule has 1 heterocycles. The quantitative estimate of drug-likeness (QED) is 0.860. The molecule has 0 aliphatic heterocycles. The number of halogens is 1. The van der Waals surface area contributed by atoms with Crippen LogP contribution in [0.4, 0.5) is 0 Å². The molecule has 0 radical (unpaired) electrons. The van der Waals surface area contributed by atoms with Gasteiger partial charge in [-0.15, -0.1) is 0 Å². The molecule has 0 aliphatic rings. The van der Waals surface area contributed by atoms with Crippen LogP contribution in [0.2, 0.25) is 5.02 Å². The van der Waals surface area contributed by atoms with Crippen LogP contribution in [0.5, 0.6) is 0 Å². The summed E-state index contributed by atoms with van der Waals surface area (Å²) in [5.74, 6) is 0.972. The minimum atomic E-state index is 0.237. The Balaban J connectivity index is 2.00. The zero-order valence-electron chi connectivity index (χ0n) is 9.82. The van der Waals surface area contributed by atoms with E-state index in [9.17, 15) is 0 Å². The lowest BCUT2D eigenvalue weighted by molar-refractivity contribution is 0.403. The molecule has 2 rings (SSSR count). The van der Waals surface area contributed by atoms with Crippen LogP contribution in [0.1, 0.15) is 30.7 Å². The van der Waals surface area contributed by atoms with Gasteiger partial charge in [-0.3, -0.25) is 0 Å². The second-order valence-electron chi connectivity index (χ2n) is 3.95. The van der Waals surface area contributed by atoms with E-state index in [1.165, 1.54) is 0 Å². The fourth-order valence-electron chi connectivity index (χ4n) is 1.81. The molecule has 1 unspecified atom stereocenters. The van der Waals surface area contributed by atoms with Crippen LogP contribution in [-0.2, 0) is 6.54 Å². The Kier molecular flexibility index (Phi) is 4.24. The molecule has 3 heteroatoms. The van der Waals surface area contributed by atoms with Crippen molar-refractivity contribution in [1.82, 2.24) is 5.32 Å². The average Bonchev–Trinajstić information content (AvgIpc) is 2.86. The first-order valence-electron chi connectivity index (χ1n) is 5.81. The number of benzene rings is 1. The summed E-state index contributed by atoms with van der Waals surface area (Å²) in [4.78, 5) is 0. The van der Waals surface area contributed by atoms with E-state index >= 15 is 0 Å². The van der Waals surface area contributed by atoms with E-state index in [1.54, 1.807) is 6.26 Å². The van der Waals surface area contributed by atoms with Crippen LogP contribution >= 0.6 is 11.6 Å². The highest BCUT2D eigenvalue weighted by molar-refractivity contribution is 6.31. The van der Waals surface area contributed by atoms with Gasteiger partial charge < -0.3 is 9.73 Å². The van der Waals surface area contributed by atoms with Crippen molar-refractivity contribution in [2.24, 2.45) is 0 Å². The molecule has 0 spiro atoms. The van der Waals surface area contributed by atoms with Crippen LogP contribution < -0.4 is 5.32 Å². The lowest BCUT2D eigenvalue weighted by Gasteiger charge is -2.15. The summed E-state index contributed by atoms with van der Waals surface area (Å²) >= 11 is 6.11. The van der Waals surface area contributed by atoms with Crippen molar-refractivity contribution in [3.63, 3.8) is 0 Å². The lowest BCUT2D eigenvalue weighted by atomic mass is 10.1. The standard InChI is InChI=1S/C14H16ClNO/c1-2-13(14-8-5-9-17-14)16-10-11-6-3-4-7-12(11)15/h3-9,13,16H,2,10H2,1H3. The molecule has 0 saturated carbocycles. The van der Waals surface area contributed by atoms with Gasteiger partial charge in [-0.1, -0.05) is 36.7 Å². The molecule has 0 aliphatic carbocycles. The number of rotatable bonds is 5. The van der Waals surface area contributed by atoms with Crippen molar-refractivity contribution in [2.75, 3.05) is 0 Å². The topological polar surface area (TPSA) is 25.2 Å². The van der Waals surface area contributed by atoms with E-state index in [-0.39, 0.29) is 6.04 Å². The van der Waals surface area contributed by atoms with Gasteiger partial charge >= 0.3 is 0 Å². The fraction of sp³-hybridized carbons (Fsp3) is 0.286. The van der Waals surface area contributed by atoms with Crippen LogP contribution in [-0.4, -0.2) is 0 Å². The van der Waals surface area contributed by atoms with Gasteiger partial charge in [0.15, 0.2) is 0 Å². The summed E-state index contributed by atoms with van der Waals surface area (Å²) in [6.07, 6.45) is 2.69. The maximum absolute atomic E-state index is 6.11. The first-order valence-corrected chi connectivity index (χ1v) is 6.19. The predicted molar refractivity (Wildman–Crippen MR) is 70.0 cm³/mol. The largest absolute Gasteiger partial charge is 0.468 e. The fourth-order valence-corrected chi connectivity index (χ4v) is 2.01. The maximum Gasteiger partial charge on any atom is 0.120 e. The third-order valence-electron chi connectivity index (χ3n) is 2.79. The average molecular weight is 250 g/mol. The smallest absolute Gasteiger partial charge is 0.120 e. The van der Waals surface area contributed by atoms with Gasteiger partial charge in [-0.25, -0.2) is 0 Å². The molecule has 90 valence electrons. The summed E-state index contributed by atoms with van der Waals surface area (Å²) in [5.41, 5.74) is 1.11. The molecule has 0 saturated heterocycles. The molecule has 0 bridgehead atoms. The summed E-state index contributed by atoms with van der Waals surface area (Å²) in [6.45, 7) is 2.88. The van der Waals surface area contributed by atoms with Gasteiger partial charge in [0.25, 0.3) is 0 Å². The van der Waals surface area contributed by atoms with Gasteiger partial charge in [0.1, 0.15) is 5.76 Å². The van der Waals surface area contributed by atoms with Crippen LogP contribution in [0.3, 0.4) is 0 Å². The van der Waals surface area contributed by atoms with E-state index in [2.05, 4.69) is 12.2 Å². The predicted octanol–water partition coefficient (Wildman–Crippen LogP) is 4.17. The highest BCUT2D eigenvalue weighted by Crippen LogP contribution is 2.19. The summed E-state index contributed by atoms with van der Waals surface area (Å²) in [7, 11) is 0. The van der Waals surface area contributed by atoms with E-state index in [0.717, 1.165) is 29.3 Å². The van der Waals surface area contributed by atoms with Crippen molar-refractivity contribution >= 4 is 11.6 Å². The highest BCUT2D eigenvalue weighted by Gasteiger charge is 2.11. The number of furan rings is 1. The van der Waals surface area contributed by atoms with Crippen LogP contribution in [0, 0.1) is 0 Å². The van der Waals surface area contributed by atoms with E-state index in [4.69, 9.17) is 16.0 Å². The first kappa shape index (κ1) is 12.2. The van der Waals surface area contributed by atoms with Gasteiger partial charge in [-0.2, -0.15) is 0 Å². The first-order chi connectivity index (χ1) is 8.31. The van der Waals surface area contributed by atoms with Crippen molar-refractivity contribution in [3.05, 3.63) is 59.0 Å². The molecule has 2 aromatic rings. The normalized spacial score (nSPS) is 12.6. The van der Waals surface area contributed by atoms with E-state index in [1.807, 2.05) is 36.4 Å². The van der Waals surface area contributed by atoms with Crippen molar-refractivity contribution in [1.29, 1.82) is 0 Å². The second-order valence-corrected chi connectivity index (χ2v) is 4.36. The molecule has 17 heavy (non-hydrogen) atoms. The van der Waals surface area contributed by atoms with Gasteiger partial charge in [-0.05, 0) is 30.2 Å². The maximum atomic E-state index is 6.11. The highest BCUT2D eigenvalue weighted by atomic mass is 35.5. The zero-order chi connectivity index (χ0) is 12.1. The number of hydrogen-bond acceptors (Lipinski definition) is 2.